The average molecular weight is 877 g/mol. The molecular formula is C53H96O9. The molecule has 0 aliphatic carbocycles. The molecule has 1 aliphatic rings. The van der Waals surface area contributed by atoms with Crippen molar-refractivity contribution in [2.45, 2.75) is 256 Å². The maximum atomic E-state index is 12.7. The van der Waals surface area contributed by atoms with Gasteiger partial charge in [-0.3, -0.25) is 4.79 Å². The molecule has 9 heteroatoms. The van der Waals surface area contributed by atoms with Gasteiger partial charge in [0.2, 0.25) is 0 Å². The van der Waals surface area contributed by atoms with Gasteiger partial charge in [-0.25, -0.2) is 0 Å². The van der Waals surface area contributed by atoms with E-state index in [1.165, 1.54) is 154 Å². The zero-order valence-electron chi connectivity index (χ0n) is 39.9. The third-order valence-corrected chi connectivity index (χ3v) is 11.8. The molecule has 0 aromatic heterocycles. The molecule has 362 valence electrons. The van der Waals surface area contributed by atoms with Crippen LogP contribution in [0.3, 0.4) is 0 Å². The van der Waals surface area contributed by atoms with Crippen LogP contribution in [0.25, 0.3) is 0 Å². The van der Waals surface area contributed by atoms with E-state index in [2.05, 4.69) is 50.3 Å². The summed E-state index contributed by atoms with van der Waals surface area (Å²) in [6.07, 6.45) is 49.0. The number of rotatable bonds is 44. The van der Waals surface area contributed by atoms with Gasteiger partial charge in [0.25, 0.3) is 0 Å². The van der Waals surface area contributed by atoms with Gasteiger partial charge in [0.15, 0.2) is 6.29 Å². The molecule has 1 heterocycles. The maximum absolute atomic E-state index is 12.7. The average Bonchev–Trinajstić information content (AvgIpc) is 3.27. The van der Waals surface area contributed by atoms with E-state index in [4.69, 9.17) is 18.9 Å². The molecule has 1 saturated heterocycles. The number of esters is 1. The van der Waals surface area contributed by atoms with Gasteiger partial charge in [0.05, 0.1) is 19.8 Å². The topological polar surface area (TPSA) is 135 Å². The summed E-state index contributed by atoms with van der Waals surface area (Å²) < 4.78 is 22.8. The molecule has 6 atom stereocenters. The maximum Gasteiger partial charge on any atom is 0.306 e. The van der Waals surface area contributed by atoms with Crippen LogP contribution < -0.4 is 0 Å². The number of hydrogen-bond donors (Lipinski definition) is 4. The lowest BCUT2D eigenvalue weighted by molar-refractivity contribution is -0.305. The number of aliphatic hydroxyl groups is 4. The molecule has 0 saturated carbocycles. The summed E-state index contributed by atoms with van der Waals surface area (Å²) in [5.74, 6) is -0.390. The minimum atomic E-state index is -1.55. The van der Waals surface area contributed by atoms with Crippen LogP contribution in [0.1, 0.15) is 219 Å². The van der Waals surface area contributed by atoms with Crippen molar-refractivity contribution >= 4 is 5.97 Å². The highest BCUT2D eigenvalue weighted by Crippen LogP contribution is 2.23. The molecule has 62 heavy (non-hydrogen) atoms. The van der Waals surface area contributed by atoms with E-state index in [0.717, 1.165) is 38.5 Å². The molecule has 6 unspecified atom stereocenters. The van der Waals surface area contributed by atoms with Gasteiger partial charge < -0.3 is 39.4 Å². The number of carbonyl (C=O) groups is 1. The molecule has 0 aromatic carbocycles. The highest BCUT2D eigenvalue weighted by molar-refractivity contribution is 5.69. The van der Waals surface area contributed by atoms with Gasteiger partial charge in [-0.15, -0.1) is 0 Å². The van der Waals surface area contributed by atoms with Crippen molar-refractivity contribution in [1.82, 2.24) is 0 Å². The van der Waals surface area contributed by atoms with E-state index in [9.17, 15) is 25.2 Å². The molecule has 4 N–H and O–H groups in total. The van der Waals surface area contributed by atoms with E-state index in [1.807, 2.05) is 12.2 Å². The van der Waals surface area contributed by atoms with E-state index in [-0.39, 0.29) is 19.6 Å². The highest BCUT2D eigenvalue weighted by atomic mass is 16.7. The summed E-state index contributed by atoms with van der Waals surface area (Å²) >= 11 is 0. The second kappa shape index (κ2) is 44.4. The lowest BCUT2D eigenvalue weighted by Gasteiger charge is -2.39. The molecule has 1 fully saturated rings. The summed E-state index contributed by atoms with van der Waals surface area (Å²) in [6.45, 7) is 4.38. The van der Waals surface area contributed by atoms with Crippen molar-refractivity contribution in [1.29, 1.82) is 0 Å². The molecule has 0 radical (unpaired) electrons. The molecule has 9 nitrogen and oxygen atoms in total. The third kappa shape index (κ3) is 34.5. The summed E-state index contributed by atoms with van der Waals surface area (Å²) in [4.78, 5) is 12.7. The Morgan fingerprint density at radius 1 is 0.532 bits per heavy atom. The van der Waals surface area contributed by atoms with Crippen LogP contribution in [-0.4, -0.2) is 89.6 Å². The number of unbranched alkanes of at least 4 members (excludes halogenated alkanes) is 25. The van der Waals surface area contributed by atoms with Crippen LogP contribution in [0.4, 0.5) is 0 Å². The van der Waals surface area contributed by atoms with E-state index >= 15 is 0 Å². The molecule has 1 rings (SSSR count). The molecule has 0 bridgehead atoms. The third-order valence-electron chi connectivity index (χ3n) is 11.8. The van der Waals surface area contributed by atoms with Crippen LogP contribution in [0, 0.1) is 0 Å². The molecule has 0 aromatic rings. The van der Waals surface area contributed by atoms with Gasteiger partial charge in [-0.1, -0.05) is 223 Å². The zero-order chi connectivity index (χ0) is 45.0. The van der Waals surface area contributed by atoms with Crippen molar-refractivity contribution < 1.29 is 44.2 Å². The molecule has 1 aliphatic heterocycles. The van der Waals surface area contributed by atoms with Gasteiger partial charge in [-0.05, 0) is 38.5 Å². The van der Waals surface area contributed by atoms with Crippen molar-refractivity contribution in [3.63, 3.8) is 0 Å². The number of aliphatic hydroxyl groups excluding tert-OH is 4. The number of ether oxygens (including phenoxy) is 4. The first kappa shape index (κ1) is 58.2. The number of allylic oxidation sites excluding steroid dienone is 8. The normalized spacial score (nSPS) is 20.1. The van der Waals surface area contributed by atoms with Crippen molar-refractivity contribution in [3.8, 4) is 0 Å². The Morgan fingerprint density at radius 3 is 1.39 bits per heavy atom. The van der Waals surface area contributed by atoms with Crippen LogP contribution >= 0.6 is 0 Å². The fraction of sp³-hybridized carbons (Fsp3) is 0.830. The van der Waals surface area contributed by atoms with Gasteiger partial charge in [0.1, 0.15) is 30.5 Å². The van der Waals surface area contributed by atoms with Crippen molar-refractivity contribution in [2.75, 3.05) is 26.4 Å². The first-order chi connectivity index (χ1) is 30.4. The Kier molecular flexibility index (Phi) is 41.6. The Hall–Kier alpha value is -1.85. The monoisotopic (exact) mass is 877 g/mol. The lowest BCUT2D eigenvalue weighted by atomic mass is 9.99. The Morgan fingerprint density at radius 2 is 0.952 bits per heavy atom. The lowest BCUT2D eigenvalue weighted by Crippen LogP contribution is -2.59. The van der Waals surface area contributed by atoms with Crippen LogP contribution in [0.15, 0.2) is 48.6 Å². The SMILES string of the molecule is CC/C=C\C/C=C\C/C=C\C/C=C\CCC(=O)OC(COCCCCCCCCCCCCCCCCCCCCCCCCCCCC)COC1OC(CO)C(O)C(O)C1O. The quantitative estimate of drug-likeness (QED) is 0.0268. The Balaban J connectivity index is 2.15. The summed E-state index contributed by atoms with van der Waals surface area (Å²) in [5.41, 5.74) is 0. The first-order valence-electron chi connectivity index (χ1n) is 25.7. The minimum Gasteiger partial charge on any atom is -0.457 e. The summed E-state index contributed by atoms with van der Waals surface area (Å²) in [7, 11) is 0. The van der Waals surface area contributed by atoms with Crippen LogP contribution in [0.2, 0.25) is 0 Å². The second-order valence-corrected chi connectivity index (χ2v) is 17.6. The van der Waals surface area contributed by atoms with Gasteiger partial charge in [-0.2, -0.15) is 0 Å². The fourth-order valence-electron chi connectivity index (χ4n) is 7.80. The van der Waals surface area contributed by atoms with Gasteiger partial charge >= 0.3 is 5.97 Å². The van der Waals surface area contributed by atoms with Crippen molar-refractivity contribution in [2.24, 2.45) is 0 Å². The van der Waals surface area contributed by atoms with E-state index in [0.29, 0.717) is 13.0 Å². The predicted molar refractivity (Wildman–Crippen MR) is 256 cm³/mol. The number of carbonyl (C=O) groups excluding carboxylic acids is 1. The van der Waals surface area contributed by atoms with Crippen molar-refractivity contribution in [3.05, 3.63) is 48.6 Å². The highest BCUT2D eigenvalue weighted by Gasteiger charge is 2.44. The van der Waals surface area contributed by atoms with E-state index < -0.39 is 49.4 Å². The summed E-state index contributed by atoms with van der Waals surface area (Å²) in [6, 6.07) is 0. The first-order valence-corrected chi connectivity index (χ1v) is 25.7. The fourth-order valence-corrected chi connectivity index (χ4v) is 7.80. The second-order valence-electron chi connectivity index (χ2n) is 17.6. The zero-order valence-corrected chi connectivity index (χ0v) is 39.9. The Labute approximate surface area is 380 Å². The van der Waals surface area contributed by atoms with Gasteiger partial charge in [0, 0.05) is 13.0 Å². The molecule has 0 spiro atoms. The minimum absolute atomic E-state index is 0.118. The largest absolute Gasteiger partial charge is 0.457 e. The van der Waals surface area contributed by atoms with Crippen LogP contribution in [-0.2, 0) is 23.7 Å². The molecular weight excluding hydrogens is 781 g/mol. The number of hydrogen-bond acceptors (Lipinski definition) is 9. The van der Waals surface area contributed by atoms with Crippen LogP contribution in [0.5, 0.6) is 0 Å². The van der Waals surface area contributed by atoms with E-state index in [1.54, 1.807) is 0 Å². The molecule has 0 amide bonds. The standard InChI is InChI=1S/C53H96O9/c1-3-5-7-9-11-13-15-17-18-19-20-21-22-23-24-25-26-27-28-29-31-33-35-37-39-41-43-59-45-47(46-60-53-52(58)51(57)50(56)48(44-54)62-53)61-49(55)42-40-38-36-34-32-30-16-14-12-10-8-6-4-2/h6,8,12,14,30,32,36,38,47-48,50-54,56-58H,3-5,7,9-11,13,15-29,31,33-35,37,39-46H2,1-2H3/b8-6-,14-12-,32-30-,38-36-. The predicted octanol–water partition coefficient (Wildman–Crippen LogP) is 12.5. The summed E-state index contributed by atoms with van der Waals surface area (Å²) in [5, 5.41) is 40.2. The smallest absolute Gasteiger partial charge is 0.306 e. The Bertz CT molecular complexity index is 1090.